The average molecular weight is 160 g/mol. The minimum atomic E-state index is -1.22. The smallest absolute Gasteiger partial charge is 0.332 e. The lowest BCUT2D eigenvalue weighted by molar-refractivity contribution is -0.150. The van der Waals surface area contributed by atoms with E-state index < -0.39 is 12.1 Å². The van der Waals surface area contributed by atoms with Crippen molar-refractivity contribution in [2.75, 3.05) is 0 Å². The first-order valence-corrected chi connectivity index (χ1v) is 3.91. The average Bonchev–Trinajstić information content (AvgIpc) is 2.00. The SMILES string of the molecule is CC[C@H](C)[C@@H](C)[C@@H](O)C(=O)O. The molecule has 0 saturated carbocycles. The highest BCUT2D eigenvalue weighted by Crippen LogP contribution is 2.18. The molecule has 0 aromatic carbocycles. The molecule has 0 aromatic heterocycles. The summed E-state index contributed by atoms with van der Waals surface area (Å²) in [6.45, 7) is 5.68. The molecule has 0 unspecified atom stereocenters. The molecule has 3 nitrogen and oxygen atoms in total. The predicted molar refractivity (Wildman–Crippen MR) is 42.3 cm³/mol. The Hall–Kier alpha value is -0.570. The first-order valence-electron chi connectivity index (χ1n) is 3.91. The van der Waals surface area contributed by atoms with Gasteiger partial charge in [-0.15, -0.1) is 0 Å². The van der Waals surface area contributed by atoms with Crippen molar-refractivity contribution in [3.05, 3.63) is 0 Å². The number of hydrogen-bond donors (Lipinski definition) is 2. The van der Waals surface area contributed by atoms with Crippen molar-refractivity contribution in [2.24, 2.45) is 11.8 Å². The molecule has 3 atom stereocenters. The van der Waals surface area contributed by atoms with Crippen LogP contribution in [-0.2, 0) is 4.79 Å². The van der Waals surface area contributed by atoms with Crippen molar-refractivity contribution < 1.29 is 15.0 Å². The third kappa shape index (κ3) is 2.89. The number of carboxylic acids is 1. The predicted octanol–water partition coefficient (Wildman–Crippen LogP) is 1.11. The molecule has 0 heterocycles. The van der Waals surface area contributed by atoms with Crippen LogP contribution in [-0.4, -0.2) is 22.3 Å². The van der Waals surface area contributed by atoms with Crippen LogP contribution in [0.3, 0.4) is 0 Å². The zero-order valence-electron chi connectivity index (χ0n) is 7.24. The fourth-order valence-corrected chi connectivity index (χ4v) is 0.908. The Morgan fingerprint density at radius 2 is 1.91 bits per heavy atom. The molecule has 0 spiro atoms. The molecule has 0 fully saturated rings. The summed E-state index contributed by atoms with van der Waals surface area (Å²) in [6, 6.07) is 0. The molecule has 11 heavy (non-hydrogen) atoms. The first-order chi connectivity index (χ1) is 5.00. The quantitative estimate of drug-likeness (QED) is 0.647. The van der Waals surface area contributed by atoms with Crippen LogP contribution in [0, 0.1) is 11.8 Å². The monoisotopic (exact) mass is 160 g/mol. The fourth-order valence-electron chi connectivity index (χ4n) is 0.908. The summed E-state index contributed by atoms with van der Waals surface area (Å²) in [4.78, 5) is 10.3. The summed E-state index contributed by atoms with van der Waals surface area (Å²) in [5.74, 6) is -1.04. The Labute approximate surface area is 67.0 Å². The topological polar surface area (TPSA) is 57.5 Å². The van der Waals surface area contributed by atoms with E-state index in [1.54, 1.807) is 6.92 Å². The lowest BCUT2D eigenvalue weighted by Gasteiger charge is -2.20. The van der Waals surface area contributed by atoms with Crippen LogP contribution in [0.4, 0.5) is 0 Å². The summed E-state index contributed by atoms with van der Waals surface area (Å²) in [6.07, 6.45) is -0.323. The van der Waals surface area contributed by atoms with E-state index in [1.165, 1.54) is 0 Å². The van der Waals surface area contributed by atoms with Crippen LogP contribution in [0.15, 0.2) is 0 Å². The molecule has 0 aliphatic rings. The molecule has 0 aliphatic carbocycles. The van der Waals surface area contributed by atoms with Gasteiger partial charge in [0.1, 0.15) is 0 Å². The van der Waals surface area contributed by atoms with Gasteiger partial charge in [0.2, 0.25) is 0 Å². The van der Waals surface area contributed by atoms with Gasteiger partial charge in [-0.1, -0.05) is 27.2 Å². The van der Waals surface area contributed by atoms with Gasteiger partial charge in [0.15, 0.2) is 6.10 Å². The number of carboxylic acid groups (broad SMARTS) is 1. The second-order valence-corrected chi connectivity index (χ2v) is 3.03. The molecule has 0 radical (unpaired) electrons. The molecular formula is C8H16O3. The maximum absolute atomic E-state index is 10.3. The van der Waals surface area contributed by atoms with E-state index in [2.05, 4.69) is 0 Å². The number of hydrogen-bond acceptors (Lipinski definition) is 2. The van der Waals surface area contributed by atoms with Crippen molar-refractivity contribution in [3.8, 4) is 0 Å². The van der Waals surface area contributed by atoms with Crippen molar-refractivity contribution >= 4 is 5.97 Å². The molecule has 66 valence electrons. The van der Waals surface area contributed by atoms with Crippen molar-refractivity contribution in [1.29, 1.82) is 0 Å². The van der Waals surface area contributed by atoms with Crippen LogP contribution >= 0.6 is 0 Å². The number of aliphatic carboxylic acids is 1. The Balaban J connectivity index is 4.00. The van der Waals surface area contributed by atoms with E-state index >= 15 is 0 Å². The standard InChI is InChI=1S/C8H16O3/c1-4-5(2)6(3)7(9)8(10)11/h5-7,9H,4H2,1-3H3,(H,10,11)/t5-,6+,7+/m0/s1. The molecule has 0 rings (SSSR count). The van der Waals surface area contributed by atoms with Crippen molar-refractivity contribution in [2.45, 2.75) is 33.3 Å². The van der Waals surface area contributed by atoms with Crippen molar-refractivity contribution in [1.82, 2.24) is 0 Å². The third-order valence-corrected chi connectivity index (χ3v) is 2.29. The fraction of sp³-hybridized carbons (Fsp3) is 0.875. The van der Waals surface area contributed by atoms with Gasteiger partial charge in [-0.25, -0.2) is 4.79 Å². The van der Waals surface area contributed by atoms with Crippen LogP contribution in [0.25, 0.3) is 0 Å². The lowest BCUT2D eigenvalue weighted by Crippen LogP contribution is -2.31. The number of carbonyl (C=O) groups is 1. The summed E-state index contributed by atoms with van der Waals surface area (Å²) in [5, 5.41) is 17.5. The largest absolute Gasteiger partial charge is 0.479 e. The van der Waals surface area contributed by atoms with E-state index in [1.807, 2.05) is 13.8 Å². The van der Waals surface area contributed by atoms with E-state index in [4.69, 9.17) is 10.2 Å². The zero-order valence-corrected chi connectivity index (χ0v) is 7.24. The Morgan fingerprint density at radius 3 is 2.18 bits per heavy atom. The number of aliphatic hydroxyl groups is 1. The molecule has 0 saturated heterocycles. The molecule has 2 N–H and O–H groups in total. The summed E-state index contributed by atoms with van der Waals surface area (Å²) in [7, 11) is 0. The maximum Gasteiger partial charge on any atom is 0.332 e. The number of rotatable bonds is 4. The van der Waals surface area contributed by atoms with Crippen LogP contribution < -0.4 is 0 Å². The molecule has 0 aromatic rings. The second-order valence-electron chi connectivity index (χ2n) is 3.03. The maximum atomic E-state index is 10.3. The van der Waals surface area contributed by atoms with Gasteiger partial charge in [-0.3, -0.25) is 0 Å². The molecule has 3 heteroatoms. The van der Waals surface area contributed by atoms with E-state index in [0.29, 0.717) is 0 Å². The van der Waals surface area contributed by atoms with E-state index in [-0.39, 0.29) is 11.8 Å². The molecule has 0 amide bonds. The second kappa shape index (κ2) is 4.34. The lowest BCUT2D eigenvalue weighted by atomic mass is 9.89. The van der Waals surface area contributed by atoms with Gasteiger partial charge in [0.05, 0.1) is 0 Å². The first kappa shape index (κ1) is 10.4. The Morgan fingerprint density at radius 1 is 1.45 bits per heavy atom. The molecule has 0 bridgehead atoms. The van der Waals surface area contributed by atoms with Gasteiger partial charge in [0.25, 0.3) is 0 Å². The van der Waals surface area contributed by atoms with Gasteiger partial charge < -0.3 is 10.2 Å². The minimum Gasteiger partial charge on any atom is -0.479 e. The highest BCUT2D eigenvalue weighted by molar-refractivity contribution is 5.72. The molecular weight excluding hydrogens is 144 g/mol. The summed E-state index contributed by atoms with van der Waals surface area (Å²) in [5.41, 5.74) is 0. The number of aliphatic hydroxyl groups excluding tert-OH is 1. The highest BCUT2D eigenvalue weighted by Gasteiger charge is 2.25. The van der Waals surface area contributed by atoms with Gasteiger partial charge in [0, 0.05) is 0 Å². The highest BCUT2D eigenvalue weighted by atomic mass is 16.4. The normalized spacial score (nSPS) is 18.9. The third-order valence-electron chi connectivity index (χ3n) is 2.29. The van der Waals surface area contributed by atoms with Crippen LogP contribution in [0.2, 0.25) is 0 Å². The summed E-state index contributed by atoms with van der Waals surface area (Å²) < 4.78 is 0. The summed E-state index contributed by atoms with van der Waals surface area (Å²) >= 11 is 0. The van der Waals surface area contributed by atoms with Gasteiger partial charge in [-0.05, 0) is 11.8 Å². The molecule has 0 aliphatic heterocycles. The van der Waals surface area contributed by atoms with E-state index in [9.17, 15) is 4.79 Å². The van der Waals surface area contributed by atoms with Crippen LogP contribution in [0.5, 0.6) is 0 Å². The Kier molecular flexibility index (Phi) is 4.11. The van der Waals surface area contributed by atoms with Gasteiger partial charge in [-0.2, -0.15) is 0 Å². The van der Waals surface area contributed by atoms with E-state index in [0.717, 1.165) is 6.42 Å². The van der Waals surface area contributed by atoms with Crippen molar-refractivity contribution in [3.63, 3.8) is 0 Å². The minimum absolute atomic E-state index is 0.169. The van der Waals surface area contributed by atoms with Crippen LogP contribution in [0.1, 0.15) is 27.2 Å². The zero-order chi connectivity index (χ0) is 9.02. The Bertz CT molecular complexity index is 133. The van der Waals surface area contributed by atoms with Gasteiger partial charge >= 0.3 is 5.97 Å².